The number of aliphatic hydroxyl groups excluding tert-OH is 2. The zero-order valence-corrected chi connectivity index (χ0v) is 16.3. The minimum absolute atomic E-state index is 0.0852. The Balaban J connectivity index is 1.84. The topological polar surface area (TPSA) is 153 Å². The van der Waals surface area contributed by atoms with Gasteiger partial charge in [-0.1, -0.05) is 29.5 Å². The van der Waals surface area contributed by atoms with E-state index in [1.807, 2.05) is 0 Å². The first-order valence-electron chi connectivity index (χ1n) is 8.92. The number of H-pyrrole nitrogens is 1. The Morgan fingerprint density at radius 1 is 1.45 bits per heavy atom. The molecule has 0 saturated carbocycles. The normalized spacial score (nSPS) is 22.8. The Morgan fingerprint density at radius 2 is 2.21 bits per heavy atom. The molecule has 4 rings (SSSR count). The number of benzene rings is 1. The van der Waals surface area contributed by atoms with Crippen LogP contribution >= 0.6 is 11.3 Å². The highest BCUT2D eigenvalue weighted by Gasteiger charge is 2.43. The number of anilines is 1. The summed E-state index contributed by atoms with van der Waals surface area (Å²) in [4.78, 5) is 30.9. The standard InChI is InChI=1S/C18H20N4O6S/c1-27-11-5-3-2-4-9(11)12(24)10-6-8(7-23)28-16(10)22-14-13(29-18(22)26)15(25)21-17(19)20-14/h2-5,8,10,12,16,23-24H,6-7H2,1H3,(H3,19,20,21,25). The van der Waals surface area contributed by atoms with Gasteiger partial charge in [0.05, 0.1) is 25.9 Å². The van der Waals surface area contributed by atoms with Crippen LogP contribution in [-0.2, 0) is 4.74 Å². The molecule has 3 heterocycles. The van der Waals surface area contributed by atoms with Crippen molar-refractivity contribution in [3.8, 4) is 5.75 Å². The van der Waals surface area contributed by atoms with Gasteiger partial charge in [-0.2, -0.15) is 4.98 Å². The van der Waals surface area contributed by atoms with E-state index < -0.39 is 34.8 Å². The number of aromatic nitrogens is 3. The lowest BCUT2D eigenvalue weighted by atomic mass is 9.91. The van der Waals surface area contributed by atoms with Crippen LogP contribution in [0.3, 0.4) is 0 Å². The summed E-state index contributed by atoms with van der Waals surface area (Å²) < 4.78 is 12.6. The van der Waals surface area contributed by atoms with Crippen molar-refractivity contribution in [1.82, 2.24) is 14.5 Å². The van der Waals surface area contributed by atoms with Crippen molar-refractivity contribution in [2.75, 3.05) is 19.5 Å². The summed E-state index contributed by atoms with van der Waals surface area (Å²) in [6, 6.07) is 7.00. The second-order valence-corrected chi connectivity index (χ2v) is 7.72. The number of aromatic amines is 1. The van der Waals surface area contributed by atoms with E-state index in [2.05, 4.69) is 9.97 Å². The zero-order valence-electron chi connectivity index (χ0n) is 15.4. The van der Waals surface area contributed by atoms with E-state index in [1.165, 1.54) is 11.7 Å². The SMILES string of the molecule is COc1ccccc1C(O)C1CC(CO)OC1n1c(=O)sc2c(=O)[nH]c(N)nc21. The Labute approximate surface area is 168 Å². The van der Waals surface area contributed by atoms with Gasteiger partial charge in [-0.15, -0.1) is 0 Å². The van der Waals surface area contributed by atoms with Crippen LogP contribution in [0.1, 0.15) is 24.3 Å². The molecule has 1 aliphatic heterocycles. The Morgan fingerprint density at radius 3 is 2.93 bits per heavy atom. The zero-order chi connectivity index (χ0) is 20.7. The van der Waals surface area contributed by atoms with Gasteiger partial charge in [0.2, 0.25) is 5.95 Å². The molecule has 0 amide bonds. The third-order valence-electron chi connectivity index (χ3n) is 5.05. The lowest BCUT2D eigenvalue weighted by molar-refractivity contribution is -0.0500. The number of rotatable bonds is 5. The lowest BCUT2D eigenvalue weighted by Crippen LogP contribution is -2.28. The quantitative estimate of drug-likeness (QED) is 0.462. The number of thiazole rings is 1. The van der Waals surface area contributed by atoms with Crippen LogP contribution in [0.25, 0.3) is 10.3 Å². The van der Waals surface area contributed by atoms with E-state index in [0.717, 1.165) is 11.3 Å². The van der Waals surface area contributed by atoms with Crippen molar-refractivity contribution in [3.05, 3.63) is 49.9 Å². The van der Waals surface area contributed by atoms with Crippen LogP contribution < -0.4 is 20.9 Å². The van der Waals surface area contributed by atoms with Crippen LogP contribution in [-0.4, -0.2) is 44.6 Å². The molecule has 3 aromatic rings. The molecule has 0 bridgehead atoms. The predicted molar refractivity (Wildman–Crippen MR) is 106 cm³/mol. The molecule has 0 aliphatic carbocycles. The van der Waals surface area contributed by atoms with E-state index >= 15 is 0 Å². The van der Waals surface area contributed by atoms with Gasteiger partial charge in [-0.25, -0.2) is 0 Å². The highest BCUT2D eigenvalue weighted by Crippen LogP contribution is 2.44. The number of hydrogen-bond acceptors (Lipinski definition) is 9. The van der Waals surface area contributed by atoms with Crippen LogP contribution in [0.4, 0.5) is 5.95 Å². The van der Waals surface area contributed by atoms with Gasteiger partial charge in [0.15, 0.2) is 5.65 Å². The molecule has 11 heteroatoms. The molecule has 0 radical (unpaired) electrons. The van der Waals surface area contributed by atoms with Gasteiger partial charge in [0.1, 0.15) is 16.7 Å². The first-order valence-corrected chi connectivity index (χ1v) is 9.74. The Hall–Kier alpha value is -2.73. The maximum Gasteiger partial charge on any atom is 0.311 e. The molecule has 2 aromatic heterocycles. The second-order valence-electron chi connectivity index (χ2n) is 6.76. The van der Waals surface area contributed by atoms with Crippen LogP contribution in [0.5, 0.6) is 5.75 Å². The Kier molecular flexibility index (Phi) is 5.13. The first kappa shape index (κ1) is 19.6. The number of ether oxygens (including phenoxy) is 2. The van der Waals surface area contributed by atoms with Crippen molar-refractivity contribution in [2.45, 2.75) is 24.9 Å². The van der Waals surface area contributed by atoms with Gasteiger partial charge >= 0.3 is 4.87 Å². The van der Waals surface area contributed by atoms with E-state index in [-0.39, 0.29) is 22.9 Å². The summed E-state index contributed by atoms with van der Waals surface area (Å²) in [6.07, 6.45) is -2.28. The van der Waals surface area contributed by atoms with Crippen molar-refractivity contribution >= 4 is 27.6 Å². The van der Waals surface area contributed by atoms with Crippen molar-refractivity contribution in [2.24, 2.45) is 5.92 Å². The third kappa shape index (κ3) is 3.31. The van der Waals surface area contributed by atoms with Crippen LogP contribution in [0.2, 0.25) is 0 Å². The number of hydrogen-bond donors (Lipinski definition) is 4. The molecule has 1 aliphatic rings. The monoisotopic (exact) mass is 420 g/mol. The smallest absolute Gasteiger partial charge is 0.311 e. The fourth-order valence-corrected chi connectivity index (χ4v) is 4.58. The highest BCUT2D eigenvalue weighted by atomic mass is 32.1. The van der Waals surface area contributed by atoms with Gasteiger partial charge in [0.25, 0.3) is 5.56 Å². The van der Waals surface area contributed by atoms with Gasteiger partial charge in [0, 0.05) is 11.5 Å². The second kappa shape index (κ2) is 7.59. The van der Waals surface area contributed by atoms with E-state index in [9.17, 15) is 19.8 Å². The average molecular weight is 420 g/mol. The van der Waals surface area contributed by atoms with Gasteiger partial charge < -0.3 is 25.4 Å². The summed E-state index contributed by atoms with van der Waals surface area (Å²) in [5, 5.41) is 20.7. The molecule has 1 fully saturated rings. The molecule has 4 atom stereocenters. The summed E-state index contributed by atoms with van der Waals surface area (Å²) in [5.74, 6) is -0.235. The van der Waals surface area contributed by atoms with E-state index in [0.29, 0.717) is 17.7 Å². The number of para-hydroxylation sites is 1. The number of methoxy groups -OCH3 is 1. The largest absolute Gasteiger partial charge is 0.496 e. The molecule has 1 aromatic carbocycles. The number of nitrogens with zero attached hydrogens (tertiary/aromatic N) is 2. The van der Waals surface area contributed by atoms with Gasteiger partial charge in [-0.3, -0.25) is 19.1 Å². The fourth-order valence-electron chi connectivity index (χ4n) is 3.74. The van der Waals surface area contributed by atoms with Gasteiger partial charge in [-0.05, 0) is 12.5 Å². The summed E-state index contributed by atoms with van der Waals surface area (Å²) in [5.41, 5.74) is 5.75. The molecule has 154 valence electrons. The van der Waals surface area contributed by atoms with E-state index in [1.54, 1.807) is 24.3 Å². The highest BCUT2D eigenvalue weighted by molar-refractivity contribution is 7.16. The molecule has 10 nitrogen and oxygen atoms in total. The number of nitrogens with one attached hydrogen (secondary N) is 1. The number of nitrogen functional groups attached to an aromatic ring is 1. The van der Waals surface area contributed by atoms with E-state index in [4.69, 9.17) is 15.2 Å². The maximum atomic E-state index is 12.7. The number of aliphatic hydroxyl groups is 2. The van der Waals surface area contributed by atoms with Crippen molar-refractivity contribution in [3.63, 3.8) is 0 Å². The number of fused-ring (bicyclic) bond motifs is 1. The summed E-state index contributed by atoms with van der Waals surface area (Å²) in [6.45, 7) is -0.279. The average Bonchev–Trinajstić information content (AvgIpc) is 3.27. The minimum Gasteiger partial charge on any atom is -0.496 e. The predicted octanol–water partition coefficient (Wildman–Crippen LogP) is 0.367. The molecule has 1 saturated heterocycles. The molecule has 29 heavy (non-hydrogen) atoms. The summed E-state index contributed by atoms with van der Waals surface area (Å²) in [7, 11) is 1.50. The summed E-state index contributed by atoms with van der Waals surface area (Å²) >= 11 is 0.724. The fraction of sp³-hybridized carbons (Fsp3) is 0.389. The molecular weight excluding hydrogens is 400 g/mol. The number of nitrogens with two attached hydrogens (primary N) is 1. The third-order valence-corrected chi connectivity index (χ3v) is 5.99. The molecular formula is C18H20N4O6S. The minimum atomic E-state index is -1.05. The van der Waals surface area contributed by atoms with Crippen LogP contribution in [0.15, 0.2) is 33.9 Å². The van der Waals surface area contributed by atoms with Crippen molar-refractivity contribution in [1.29, 1.82) is 0 Å². The lowest BCUT2D eigenvalue weighted by Gasteiger charge is -2.25. The molecule has 4 unspecified atom stereocenters. The first-order chi connectivity index (χ1) is 13.9. The molecule has 5 N–H and O–H groups in total. The van der Waals surface area contributed by atoms with Crippen molar-refractivity contribution < 1.29 is 19.7 Å². The Bertz CT molecular complexity index is 1160. The molecule has 0 spiro atoms. The van der Waals surface area contributed by atoms with Crippen LogP contribution in [0, 0.1) is 5.92 Å². The maximum absolute atomic E-state index is 12.7.